The van der Waals surface area contributed by atoms with Gasteiger partial charge in [-0.25, -0.2) is 15.0 Å². The van der Waals surface area contributed by atoms with E-state index in [-0.39, 0.29) is 47.9 Å². The molecule has 0 bridgehead atoms. The van der Waals surface area contributed by atoms with Crippen LogP contribution in [0.25, 0.3) is 22.2 Å². The van der Waals surface area contributed by atoms with Gasteiger partial charge in [-0.2, -0.15) is 10.2 Å². The SMILES string of the molecule is CCn1nc(C2CC2)cc1C(=O)Nc1nc2cc(C(N)=O)cnc2n1CC=CCn1c(NC(=O)c2cc(C3CC3)nn2CC)nc2cc(C(N)=O)cc(OCCCN3CCOCC3)c21. The summed E-state index contributed by atoms with van der Waals surface area (Å²) in [5.74, 6) is -0.535. The van der Waals surface area contributed by atoms with E-state index in [9.17, 15) is 19.2 Å². The second-order valence-corrected chi connectivity index (χ2v) is 16.4. The van der Waals surface area contributed by atoms with Gasteiger partial charge in [0.25, 0.3) is 11.8 Å². The predicted molar refractivity (Wildman–Crippen MR) is 236 cm³/mol. The standard InChI is InChI=1S/C44H52N14O6/c1-3-57-34(23-30(52-57)26-8-9-26)41(61)50-43-48-32-20-28(38(45)59)22-36(64-17-7-12-54-15-18-63-19-16-54)37(32)55(43)13-5-6-14-56-40-33(21-29(25-47-40)39(46)60)49-44(56)51-42(62)35-24-31(27-10-11-27)53-58(35)4-2/h5-6,20-27H,3-4,7-19H2,1-2H3,(H2,45,59)(H2,46,60)(H,48,50,61)(H,49,51,62). The van der Waals surface area contributed by atoms with Gasteiger partial charge in [0.15, 0.2) is 5.65 Å². The normalized spacial score (nSPS) is 15.7. The number of rotatable bonds is 19. The average Bonchev–Trinajstić information content (AvgIpc) is 4.18. The number of carbonyl (C=O) groups excluding carboxylic acids is 4. The Morgan fingerprint density at radius 1 is 0.766 bits per heavy atom. The molecule has 2 aliphatic carbocycles. The number of allylic oxidation sites excluding steroid dienone is 2. The Hall–Kier alpha value is -6.93. The van der Waals surface area contributed by atoms with Gasteiger partial charge in [-0.15, -0.1) is 0 Å². The van der Waals surface area contributed by atoms with Crippen molar-refractivity contribution < 1.29 is 28.7 Å². The first-order valence-corrected chi connectivity index (χ1v) is 21.9. The number of hydrogen-bond acceptors (Lipinski definition) is 12. The number of imidazole rings is 2. The van der Waals surface area contributed by atoms with Crippen molar-refractivity contribution in [2.45, 2.75) is 84.0 Å². The van der Waals surface area contributed by atoms with Crippen LogP contribution in [0, 0.1) is 0 Å². The Labute approximate surface area is 368 Å². The minimum Gasteiger partial charge on any atom is -0.491 e. The summed E-state index contributed by atoms with van der Waals surface area (Å²) in [5, 5.41) is 15.3. The van der Waals surface area contributed by atoms with E-state index in [1.807, 2.05) is 42.7 Å². The minimum atomic E-state index is -0.657. The summed E-state index contributed by atoms with van der Waals surface area (Å²) < 4.78 is 18.8. The summed E-state index contributed by atoms with van der Waals surface area (Å²) in [7, 11) is 0. The smallest absolute Gasteiger partial charge is 0.276 e. The lowest BCUT2D eigenvalue weighted by Gasteiger charge is -2.26. The van der Waals surface area contributed by atoms with Crippen molar-refractivity contribution in [1.29, 1.82) is 0 Å². The summed E-state index contributed by atoms with van der Waals surface area (Å²) in [6.45, 7) is 9.52. The highest BCUT2D eigenvalue weighted by Crippen LogP contribution is 2.40. The third-order valence-corrected chi connectivity index (χ3v) is 11.8. The van der Waals surface area contributed by atoms with Crippen LogP contribution in [-0.4, -0.2) is 112 Å². The lowest BCUT2D eigenvalue weighted by Crippen LogP contribution is -2.37. The number of fused-ring (bicyclic) bond motifs is 2. The second kappa shape index (κ2) is 18.0. The van der Waals surface area contributed by atoms with Crippen LogP contribution in [0.3, 0.4) is 0 Å². The second-order valence-electron chi connectivity index (χ2n) is 16.4. The molecule has 0 atom stereocenters. The van der Waals surface area contributed by atoms with Crippen LogP contribution in [0.1, 0.15) is 111 Å². The molecule has 6 aromatic rings. The van der Waals surface area contributed by atoms with Gasteiger partial charge in [0.05, 0.1) is 42.3 Å². The summed E-state index contributed by atoms with van der Waals surface area (Å²) in [6, 6.07) is 8.40. The predicted octanol–water partition coefficient (Wildman–Crippen LogP) is 4.03. The highest BCUT2D eigenvalue weighted by molar-refractivity contribution is 6.05. The van der Waals surface area contributed by atoms with Crippen molar-refractivity contribution in [3.8, 4) is 5.75 Å². The van der Waals surface area contributed by atoms with Crippen molar-refractivity contribution in [3.05, 3.63) is 82.6 Å². The average molecular weight is 873 g/mol. The van der Waals surface area contributed by atoms with Gasteiger partial charge in [0.1, 0.15) is 28.2 Å². The first-order valence-electron chi connectivity index (χ1n) is 21.9. The highest BCUT2D eigenvalue weighted by atomic mass is 16.5. The maximum atomic E-state index is 14.0. The summed E-state index contributed by atoms with van der Waals surface area (Å²) in [5.41, 5.74) is 16.1. The number of amides is 4. The molecule has 5 aromatic heterocycles. The number of pyridine rings is 1. The fourth-order valence-electron chi connectivity index (χ4n) is 8.03. The number of primary amides is 2. The van der Waals surface area contributed by atoms with Gasteiger partial charge in [-0.3, -0.25) is 48.6 Å². The maximum absolute atomic E-state index is 14.0. The van der Waals surface area contributed by atoms with E-state index in [1.54, 1.807) is 26.1 Å². The van der Waals surface area contributed by atoms with E-state index < -0.39 is 11.8 Å². The van der Waals surface area contributed by atoms with Gasteiger partial charge in [-0.05, 0) is 76.3 Å². The van der Waals surface area contributed by atoms with Gasteiger partial charge < -0.3 is 25.5 Å². The lowest BCUT2D eigenvalue weighted by molar-refractivity contribution is 0.0358. The number of carbonyl (C=O) groups is 4. The third-order valence-electron chi connectivity index (χ3n) is 11.8. The topological polar surface area (TPSA) is 250 Å². The maximum Gasteiger partial charge on any atom is 0.276 e. The Kier molecular flexibility index (Phi) is 11.9. The van der Waals surface area contributed by atoms with Crippen LogP contribution >= 0.6 is 0 Å². The molecule has 1 saturated heterocycles. The molecular weight excluding hydrogens is 821 g/mol. The Morgan fingerprint density at radius 3 is 1.91 bits per heavy atom. The molecule has 3 fully saturated rings. The fraction of sp³-hybridized carbons (Fsp3) is 0.432. The molecule has 6 heterocycles. The van der Waals surface area contributed by atoms with Gasteiger partial charge in [0.2, 0.25) is 23.7 Å². The molecule has 64 heavy (non-hydrogen) atoms. The van der Waals surface area contributed by atoms with Gasteiger partial charge >= 0.3 is 0 Å². The molecule has 0 radical (unpaired) electrons. The molecule has 1 aliphatic heterocycles. The Morgan fingerprint density at radius 2 is 1.33 bits per heavy atom. The number of benzene rings is 1. The van der Waals surface area contributed by atoms with Gasteiger partial charge in [-0.1, -0.05) is 12.2 Å². The monoisotopic (exact) mass is 872 g/mol. The van der Waals surface area contributed by atoms with E-state index in [4.69, 9.17) is 31.0 Å². The molecule has 9 rings (SSSR count). The lowest BCUT2D eigenvalue weighted by atomic mass is 10.1. The summed E-state index contributed by atoms with van der Waals surface area (Å²) in [6.07, 6.45) is 10.0. The van der Waals surface area contributed by atoms with Crippen LogP contribution in [0.15, 0.2) is 48.7 Å². The molecule has 20 nitrogen and oxygen atoms in total. The van der Waals surface area contributed by atoms with Crippen LogP contribution in [0.4, 0.5) is 11.9 Å². The zero-order valence-corrected chi connectivity index (χ0v) is 36.0. The van der Waals surface area contributed by atoms with Crippen LogP contribution < -0.4 is 26.8 Å². The molecule has 3 aliphatic rings. The molecule has 334 valence electrons. The van der Waals surface area contributed by atoms with Crippen molar-refractivity contribution >= 4 is 57.7 Å². The number of ether oxygens (including phenoxy) is 2. The number of nitrogens with two attached hydrogens (primary N) is 2. The number of anilines is 2. The van der Waals surface area contributed by atoms with E-state index in [0.29, 0.717) is 84.1 Å². The number of aryl methyl sites for hydroxylation is 2. The number of nitrogens with one attached hydrogen (secondary N) is 2. The third kappa shape index (κ3) is 8.96. The van der Waals surface area contributed by atoms with E-state index >= 15 is 0 Å². The number of nitrogens with zero attached hydrogens (tertiary/aromatic N) is 10. The van der Waals surface area contributed by atoms with Crippen LogP contribution in [0.2, 0.25) is 0 Å². The summed E-state index contributed by atoms with van der Waals surface area (Å²) >= 11 is 0. The molecular formula is C44H52N14O6. The first-order chi connectivity index (χ1) is 31.1. The van der Waals surface area contributed by atoms with E-state index in [1.165, 1.54) is 12.3 Å². The molecule has 4 amide bonds. The molecule has 6 N–H and O–H groups in total. The number of aromatic nitrogens is 9. The van der Waals surface area contributed by atoms with Crippen LogP contribution in [0.5, 0.6) is 5.75 Å². The van der Waals surface area contributed by atoms with Crippen molar-refractivity contribution in [2.24, 2.45) is 11.5 Å². The molecule has 1 aromatic carbocycles. The van der Waals surface area contributed by atoms with Crippen molar-refractivity contribution in [3.63, 3.8) is 0 Å². The molecule has 0 spiro atoms. The summed E-state index contributed by atoms with van der Waals surface area (Å²) in [4.78, 5) is 68.8. The van der Waals surface area contributed by atoms with E-state index in [0.717, 1.165) is 63.1 Å². The van der Waals surface area contributed by atoms with Crippen molar-refractivity contribution in [2.75, 3.05) is 50.1 Å². The zero-order chi connectivity index (χ0) is 44.5. The first kappa shape index (κ1) is 42.4. The molecule has 20 heteroatoms. The Balaban J connectivity index is 1.03. The number of hydrogen-bond donors (Lipinski definition) is 4. The minimum absolute atomic E-state index is 0.176. The largest absolute Gasteiger partial charge is 0.491 e. The van der Waals surface area contributed by atoms with Crippen LogP contribution in [-0.2, 0) is 30.9 Å². The van der Waals surface area contributed by atoms with Gasteiger partial charge in [0, 0.05) is 69.4 Å². The van der Waals surface area contributed by atoms with E-state index in [2.05, 4.69) is 30.6 Å². The Bertz CT molecular complexity index is 2780. The fourth-order valence-corrected chi connectivity index (χ4v) is 8.03. The highest BCUT2D eigenvalue weighted by Gasteiger charge is 2.30. The number of morpholine rings is 1. The molecule has 0 unspecified atom stereocenters. The molecule has 2 saturated carbocycles. The quantitative estimate of drug-likeness (QED) is 0.0666. The zero-order valence-electron chi connectivity index (χ0n) is 36.0. The van der Waals surface area contributed by atoms with Crippen molar-refractivity contribution in [1.82, 2.24) is 48.5 Å².